The number of rotatable bonds is 11. The molecule has 0 aromatic heterocycles. The molecule has 2 aliphatic rings. The zero-order valence-corrected chi connectivity index (χ0v) is 26.4. The van der Waals surface area contributed by atoms with Crippen molar-refractivity contribution in [2.24, 2.45) is 5.92 Å². The number of nitriles is 1. The summed E-state index contributed by atoms with van der Waals surface area (Å²) >= 11 is 3.65. The highest BCUT2D eigenvalue weighted by Gasteiger charge is 2.39. The van der Waals surface area contributed by atoms with Crippen LogP contribution in [0.15, 0.2) is 63.4 Å². The van der Waals surface area contributed by atoms with Crippen molar-refractivity contribution in [2.75, 3.05) is 20.3 Å². The average Bonchev–Trinajstić information content (AvgIpc) is 2.98. The fraction of sp³-hybridized carbons (Fsp3) is 0.394. The number of nitrogens with one attached hydrogen (secondary N) is 2. The lowest BCUT2D eigenvalue weighted by Gasteiger charge is -2.35. The normalized spacial score (nSPS) is 17.9. The van der Waals surface area contributed by atoms with E-state index in [1.54, 1.807) is 18.2 Å². The number of dihydropyridines is 1. The monoisotopic (exact) mass is 649 g/mol. The molecule has 0 fully saturated rings. The van der Waals surface area contributed by atoms with Crippen molar-refractivity contribution in [3.8, 4) is 17.6 Å². The second kappa shape index (κ2) is 14.4. The summed E-state index contributed by atoms with van der Waals surface area (Å²) in [5.74, 6) is -0.155. The molecule has 2 aromatic carbocycles. The summed E-state index contributed by atoms with van der Waals surface area (Å²) in [4.78, 5) is 37.4. The third-order valence-corrected chi connectivity index (χ3v) is 8.18. The second-order valence-corrected chi connectivity index (χ2v) is 11.5. The number of ether oxygens (including phenoxy) is 3. The third-order valence-electron chi connectivity index (χ3n) is 7.59. The number of nitrogens with zero attached hydrogens (tertiary/aromatic N) is 1. The third kappa shape index (κ3) is 7.28. The number of allylic oxidation sites excluding steroid dienone is 4. The van der Waals surface area contributed by atoms with Gasteiger partial charge in [-0.2, -0.15) is 5.26 Å². The Bertz CT molecular complexity index is 1520. The summed E-state index contributed by atoms with van der Waals surface area (Å²) in [6.45, 7) is 6.16. The summed E-state index contributed by atoms with van der Waals surface area (Å²) in [7, 11) is 1.26. The van der Waals surface area contributed by atoms with Crippen LogP contribution in [-0.4, -0.2) is 37.9 Å². The Hall–Kier alpha value is -4.10. The van der Waals surface area contributed by atoms with E-state index in [0.717, 1.165) is 41.8 Å². The number of carbonyl (C=O) groups excluding carboxylic acids is 3. The van der Waals surface area contributed by atoms with Crippen molar-refractivity contribution in [1.29, 1.82) is 5.26 Å². The second-order valence-electron chi connectivity index (χ2n) is 10.6. The van der Waals surface area contributed by atoms with Crippen LogP contribution in [-0.2, 0) is 20.9 Å². The van der Waals surface area contributed by atoms with E-state index in [1.165, 1.54) is 7.11 Å². The first-order chi connectivity index (χ1) is 20.7. The molecule has 43 heavy (non-hydrogen) atoms. The molecule has 9 nitrogen and oxygen atoms in total. The Morgan fingerprint density at radius 1 is 1.16 bits per heavy atom. The van der Waals surface area contributed by atoms with Crippen LogP contribution in [0.1, 0.15) is 73.9 Å². The first-order valence-electron chi connectivity index (χ1n) is 14.4. The Morgan fingerprint density at radius 2 is 1.95 bits per heavy atom. The van der Waals surface area contributed by atoms with Gasteiger partial charge in [0.1, 0.15) is 13.2 Å². The van der Waals surface area contributed by atoms with Crippen LogP contribution in [0.2, 0.25) is 0 Å². The maximum atomic E-state index is 13.5. The molecule has 10 heteroatoms. The van der Waals surface area contributed by atoms with Crippen molar-refractivity contribution >= 4 is 33.6 Å². The highest BCUT2D eigenvalue weighted by atomic mass is 79.9. The lowest BCUT2D eigenvalue weighted by atomic mass is 9.72. The number of Topliss-reactive ketones (excluding diaryl/α,β-unsaturated/α-hetero) is 1. The Labute approximate surface area is 260 Å². The van der Waals surface area contributed by atoms with Crippen LogP contribution in [0.3, 0.4) is 0 Å². The molecule has 2 N–H and O–H groups in total. The minimum atomic E-state index is -0.539. The van der Waals surface area contributed by atoms with Crippen LogP contribution in [0.25, 0.3) is 0 Å². The van der Waals surface area contributed by atoms with Crippen molar-refractivity contribution < 1.29 is 28.6 Å². The molecule has 0 saturated heterocycles. The largest absolute Gasteiger partial charge is 0.490 e. The number of benzene rings is 2. The van der Waals surface area contributed by atoms with Gasteiger partial charge in [-0.15, -0.1) is 0 Å². The smallest absolute Gasteiger partial charge is 0.325 e. The summed E-state index contributed by atoms with van der Waals surface area (Å²) < 4.78 is 17.4. The van der Waals surface area contributed by atoms with Crippen molar-refractivity contribution in [2.45, 2.75) is 59.0 Å². The minimum Gasteiger partial charge on any atom is -0.490 e. The summed E-state index contributed by atoms with van der Waals surface area (Å²) in [5, 5.41) is 16.0. The van der Waals surface area contributed by atoms with Gasteiger partial charge >= 0.3 is 5.97 Å². The molecular weight excluding hydrogens is 614 g/mol. The topological polar surface area (TPSA) is 127 Å². The number of hydrogen-bond acceptors (Lipinski definition) is 8. The number of carbonyl (C=O) groups is 3. The van der Waals surface area contributed by atoms with E-state index < -0.39 is 17.8 Å². The molecule has 2 aromatic rings. The fourth-order valence-electron chi connectivity index (χ4n) is 5.66. The summed E-state index contributed by atoms with van der Waals surface area (Å²) in [6, 6.07) is 13.0. The van der Waals surface area contributed by atoms with E-state index in [0.29, 0.717) is 51.6 Å². The molecule has 1 aliphatic carbocycles. The number of amides is 1. The number of methoxy groups -OCH3 is 1. The van der Waals surface area contributed by atoms with Crippen LogP contribution in [0, 0.1) is 17.2 Å². The lowest BCUT2D eigenvalue weighted by Crippen LogP contribution is -2.34. The molecule has 1 heterocycles. The maximum Gasteiger partial charge on any atom is 0.325 e. The lowest BCUT2D eigenvalue weighted by molar-refractivity contribution is -0.139. The first-order valence-corrected chi connectivity index (χ1v) is 15.2. The van der Waals surface area contributed by atoms with Gasteiger partial charge in [-0.1, -0.05) is 25.5 Å². The predicted molar refractivity (Wildman–Crippen MR) is 164 cm³/mol. The maximum absolute atomic E-state index is 13.5. The van der Waals surface area contributed by atoms with Gasteiger partial charge in [-0.3, -0.25) is 14.4 Å². The Kier molecular flexibility index (Phi) is 10.6. The Balaban J connectivity index is 1.63. The number of halogens is 1. The van der Waals surface area contributed by atoms with Crippen LogP contribution in [0.4, 0.5) is 0 Å². The molecule has 2 unspecified atom stereocenters. The minimum absolute atomic E-state index is 0.0716. The molecule has 1 amide bonds. The highest BCUT2D eigenvalue weighted by molar-refractivity contribution is 9.10. The van der Waals surface area contributed by atoms with E-state index in [9.17, 15) is 19.6 Å². The van der Waals surface area contributed by atoms with E-state index in [2.05, 4.69) is 44.3 Å². The zero-order valence-electron chi connectivity index (χ0n) is 24.8. The molecule has 1 aliphatic heterocycles. The van der Waals surface area contributed by atoms with Crippen molar-refractivity contribution in [3.63, 3.8) is 0 Å². The van der Waals surface area contributed by atoms with Gasteiger partial charge in [0.05, 0.1) is 35.7 Å². The number of hydrogen-bond donors (Lipinski definition) is 2. The number of ketones is 1. The zero-order chi connectivity index (χ0) is 31.1. The van der Waals surface area contributed by atoms with Crippen LogP contribution < -0.4 is 20.1 Å². The molecule has 4 rings (SSSR count). The van der Waals surface area contributed by atoms with Gasteiger partial charge in [0.15, 0.2) is 17.3 Å². The molecule has 0 saturated carbocycles. The summed E-state index contributed by atoms with van der Waals surface area (Å²) in [5.41, 5.74) is 4.69. The van der Waals surface area contributed by atoms with Gasteiger partial charge in [-0.05, 0) is 83.9 Å². The van der Waals surface area contributed by atoms with Crippen molar-refractivity contribution in [3.05, 3.63) is 80.1 Å². The quantitative estimate of drug-likeness (QED) is 0.290. The van der Waals surface area contributed by atoms with Crippen LogP contribution >= 0.6 is 15.9 Å². The first kappa shape index (κ1) is 31.8. The van der Waals surface area contributed by atoms with Gasteiger partial charge in [0.2, 0.25) is 0 Å². The van der Waals surface area contributed by atoms with Gasteiger partial charge in [0.25, 0.3) is 5.91 Å². The average molecular weight is 651 g/mol. The van der Waals surface area contributed by atoms with E-state index in [4.69, 9.17) is 9.47 Å². The van der Waals surface area contributed by atoms with Gasteiger partial charge in [0, 0.05) is 29.0 Å². The Morgan fingerprint density at radius 3 is 2.65 bits per heavy atom. The van der Waals surface area contributed by atoms with E-state index in [-0.39, 0.29) is 18.9 Å². The standard InChI is InChI=1S/C33H36BrN3O6/c1-5-8-20-12-26-31(27(38)13-20)30(24(16-35)19(3)37-26)23-14-25(34)32(28(15-23)42-6-2)43-18-21-9-7-10-22(11-21)33(40)36-17-29(39)41-4/h7,9-11,14-15,20,30,37H,5-6,8,12-13,17-18H2,1-4H3,(H,36,40). The van der Waals surface area contributed by atoms with Crippen molar-refractivity contribution in [1.82, 2.24) is 10.6 Å². The highest BCUT2D eigenvalue weighted by Crippen LogP contribution is 2.47. The molecule has 0 spiro atoms. The van der Waals surface area contributed by atoms with E-state index >= 15 is 0 Å². The molecule has 0 bridgehead atoms. The molecule has 2 atom stereocenters. The molecule has 226 valence electrons. The predicted octanol–water partition coefficient (Wildman–Crippen LogP) is 5.85. The van der Waals surface area contributed by atoms with Gasteiger partial charge in [-0.25, -0.2) is 0 Å². The van der Waals surface area contributed by atoms with Gasteiger partial charge < -0.3 is 24.8 Å². The van der Waals surface area contributed by atoms with E-state index in [1.807, 2.05) is 32.0 Å². The molecular formula is C33H36BrN3O6. The summed E-state index contributed by atoms with van der Waals surface area (Å²) in [6.07, 6.45) is 3.25. The fourth-order valence-corrected chi connectivity index (χ4v) is 6.23. The van der Waals surface area contributed by atoms with Crippen LogP contribution in [0.5, 0.6) is 11.5 Å². The molecule has 0 radical (unpaired) electrons. The number of esters is 1. The SMILES string of the molecule is CCCC1CC(=O)C2=C(C1)NC(C)=C(C#N)C2c1cc(Br)c(OCc2cccc(C(=O)NCC(=O)OC)c2)c(OCC)c1.